The smallest absolute Gasteiger partial charge is 0.271 e. The van der Waals surface area contributed by atoms with Crippen molar-refractivity contribution in [2.75, 3.05) is 18.4 Å². The first-order valence-electron chi connectivity index (χ1n) is 12.7. The fraction of sp³-hybridized carbons (Fsp3) is 0.500. The summed E-state index contributed by atoms with van der Waals surface area (Å²) < 4.78 is 0. The van der Waals surface area contributed by atoms with Crippen LogP contribution in [-0.2, 0) is 4.79 Å². The van der Waals surface area contributed by atoms with Crippen molar-refractivity contribution in [3.05, 3.63) is 47.5 Å². The van der Waals surface area contributed by atoms with Crippen LogP contribution in [0, 0.1) is 6.92 Å². The molecule has 2 fully saturated rings. The molecule has 9 nitrogen and oxygen atoms in total. The Morgan fingerprint density at radius 1 is 1.09 bits per heavy atom. The predicted octanol–water partition coefficient (Wildman–Crippen LogP) is 3.89. The Kier molecular flexibility index (Phi) is 6.92. The number of nitrogens with zero attached hydrogens (tertiary/aromatic N) is 4. The van der Waals surface area contributed by atoms with E-state index < -0.39 is 0 Å². The summed E-state index contributed by atoms with van der Waals surface area (Å²) >= 11 is 0. The van der Waals surface area contributed by atoms with Crippen LogP contribution in [0.2, 0.25) is 0 Å². The molecule has 0 spiro atoms. The standard InChI is InChI=1S/C26H33N7O2/c1-17-9-10-20-19(14-17)25(29-16-28-20)27-12-11-24(34)33-13-5-4-8-23(33)21-15-22(32-31-21)26(35)30-18-6-2-3-7-18/h9-10,14-16,18,23H,2-8,11-13H2,1H3,(H,30,35)(H,31,32)(H,27,28,29)/t23-/m0/s1. The van der Waals surface area contributed by atoms with E-state index in [1.165, 1.54) is 0 Å². The number of H-pyrrole nitrogens is 1. The first-order valence-corrected chi connectivity index (χ1v) is 12.7. The van der Waals surface area contributed by atoms with Crippen molar-refractivity contribution in [2.24, 2.45) is 0 Å². The number of hydrogen-bond donors (Lipinski definition) is 3. The molecule has 2 aliphatic rings. The minimum absolute atomic E-state index is 0.0840. The Morgan fingerprint density at radius 3 is 2.77 bits per heavy atom. The molecular weight excluding hydrogens is 442 g/mol. The number of nitrogens with one attached hydrogen (secondary N) is 3. The quantitative estimate of drug-likeness (QED) is 0.477. The van der Waals surface area contributed by atoms with Gasteiger partial charge in [0.25, 0.3) is 5.91 Å². The van der Waals surface area contributed by atoms with E-state index in [9.17, 15) is 9.59 Å². The highest BCUT2D eigenvalue weighted by Crippen LogP contribution is 2.31. The van der Waals surface area contributed by atoms with Gasteiger partial charge in [0.15, 0.2) is 0 Å². The molecule has 3 heterocycles. The molecule has 2 amide bonds. The first kappa shape index (κ1) is 23.3. The molecule has 184 valence electrons. The summed E-state index contributed by atoms with van der Waals surface area (Å²) in [6.07, 6.45) is 9.18. The van der Waals surface area contributed by atoms with Crippen molar-refractivity contribution in [1.82, 2.24) is 30.4 Å². The number of benzene rings is 1. The maximum absolute atomic E-state index is 13.2. The van der Waals surface area contributed by atoms with E-state index in [1.807, 2.05) is 30.0 Å². The van der Waals surface area contributed by atoms with Gasteiger partial charge in [-0.2, -0.15) is 5.10 Å². The van der Waals surface area contributed by atoms with Crippen LogP contribution in [0.4, 0.5) is 5.82 Å². The van der Waals surface area contributed by atoms with E-state index in [0.717, 1.165) is 72.9 Å². The normalized spacial score (nSPS) is 18.7. The number of aryl methyl sites for hydroxylation is 1. The van der Waals surface area contributed by atoms with E-state index in [-0.39, 0.29) is 23.9 Å². The van der Waals surface area contributed by atoms with Crippen LogP contribution in [0.3, 0.4) is 0 Å². The molecule has 1 saturated heterocycles. The van der Waals surface area contributed by atoms with E-state index in [4.69, 9.17) is 0 Å². The molecule has 1 aliphatic heterocycles. The van der Waals surface area contributed by atoms with Crippen LogP contribution in [0.1, 0.15) is 79.2 Å². The number of carbonyl (C=O) groups is 2. The fourth-order valence-electron chi connectivity index (χ4n) is 5.25. The summed E-state index contributed by atoms with van der Waals surface area (Å²) in [5.41, 5.74) is 3.25. The van der Waals surface area contributed by atoms with Gasteiger partial charge in [-0.15, -0.1) is 0 Å². The summed E-state index contributed by atoms with van der Waals surface area (Å²) in [7, 11) is 0. The van der Waals surface area contributed by atoms with E-state index in [2.05, 4.69) is 36.9 Å². The van der Waals surface area contributed by atoms with Gasteiger partial charge in [-0.25, -0.2) is 9.97 Å². The number of aromatic amines is 1. The van der Waals surface area contributed by atoms with Gasteiger partial charge < -0.3 is 15.5 Å². The van der Waals surface area contributed by atoms with Crippen molar-refractivity contribution < 1.29 is 9.59 Å². The maximum Gasteiger partial charge on any atom is 0.271 e. The molecule has 3 aromatic rings. The highest BCUT2D eigenvalue weighted by molar-refractivity contribution is 5.92. The molecular formula is C26H33N7O2. The minimum atomic E-state index is -0.135. The summed E-state index contributed by atoms with van der Waals surface area (Å²) in [4.78, 5) is 36.4. The third-order valence-electron chi connectivity index (χ3n) is 7.12. The zero-order chi connectivity index (χ0) is 24.2. The van der Waals surface area contributed by atoms with Gasteiger partial charge in [0.05, 0.1) is 17.3 Å². The maximum atomic E-state index is 13.2. The second-order valence-corrected chi connectivity index (χ2v) is 9.68. The second-order valence-electron chi connectivity index (χ2n) is 9.68. The summed E-state index contributed by atoms with van der Waals surface area (Å²) in [6, 6.07) is 8.04. The second kappa shape index (κ2) is 10.4. The van der Waals surface area contributed by atoms with Crippen molar-refractivity contribution in [1.29, 1.82) is 0 Å². The van der Waals surface area contributed by atoms with Crippen molar-refractivity contribution in [3.63, 3.8) is 0 Å². The highest BCUT2D eigenvalue weighted by Gasteiger charge is 2.30. The zero-order valence-electron chi connectivity index (χ0n) is 20.2. The van der Waals surface area contributed by atoms with Crippen LogP contribution >= 0.6 is 0 Å². The van der Waals surface area contributed by atoms with Gasteiger partial charge in [0.1, 0.15) is 17.8 Å². The van der Waals surface area contributed by atoms with Crippen molar-refractivity contribution in [3.8, 4) is 0 Å². The molecule has 2 aromatic heterocycles. The monoisotopic (exact) mass is 475 g/mol. The van der Waals surface area contributed by atoms with Gasteiger partial charge in [0, 0.05) is 30.9 Å². The van der Waals surface area contributed by atoms with Crippen LogP contribution < -0.4 is 10.6 Å². The Balaban J connectivity index is 1.21. The highest BCUT2D eigenvalue weighted by atomic mass is 16.2. The molecule has 3 N–H and O–H groups in total. The Bertz CT molecular complexity index is 1200. The average molecular weight is 476 g/mol. The molecule has 1 saturated carbocycles. The van der Waals surface area contributed by atoms with E-state index >= 15 is 0 Å². The number of hydrogen-bond acceptors (Lipinski definition) is 6. The lowest BCUT2D eigenvalue weighted by atomic mass is 9.98. The van der Waals surface area contributed by atoms with Gasteiger partial charge in [0.2, 0.25) is 5.91 Å². The van der Waals surface area contributed by atoms with E-state index in [1.54, 1.807) is 6.33 Å². The lowest BCUT2D eigenvalue weighted by Gasteiger charge is -2.35. The predicted molar refractivity (Wildman–Crippen MR) is 134 cm³/mol. The fourth-order valence-corrected chi connectivity index (χ4v) is 5.25. The Morgan fingerprint density at radius 2 is 1.91 bits per heavy atom. The number of aromatic nitrogens is 4. The van der Waals surface area contributed by atoms with Crippen LogP contribution in [0.25, 0.3) is 10.9 Å². The number of likely N-dealkylation sites (tertiary alicyclic amines) is 1. The van der Waals surface area contributed by atoms with Gasteiger partial charge in [-0.3, -0.25) is 14.7 Å². The molecule has 1 atom stereocenters. The topological polar surface area (TPSA) is 116 Å². The summed E-state index contributed by atoms with van der Waals surface area (Å²) in [6.45, 7) is 3.23. The number of amides is 2. The molecule has 1 aromatic carbocycles. The molecule has 5 rings (SSSR count). The van der Waals surface area contributed by atoms with Crippen LogP contribution in [0.5, 0.6) is 0 Å². The number of carbonyl (C=O) groups excluding carboxylic acids is 2. The lowest BCUT2D eigenvalue weighted by Crippen LogP contribution is -2.39. The molecule has 1 aliphatic carbocycles. The number of fused-ring (bicyclic) bond motifs is 1. The summed E-state index contributed by atoms with van der Waals surface area (Å²) in [5.74, 6) is 0.695. The number of rotatable bonds is 7. The first-order chi connectivity index (χ1) is 17.1. The molecule has 0 bridgehead atoms. The molecule has 0 radical (unpaired) electrons. The number of piperidine rings is 1. The SMILES string of the molecule is Cc1ccc2ncnc(NCCC(=O)N3CCCC[C@H]3c3cc(C(=O)NC4CCCC4)n[nH]3)c2c1. The number of anilines is 1. The van der Waals surface area contributed by atoms with E-state index in [0.29, 0.717) is 25.2 Å². The zero-order valence-corrected chi connectivity index (χ0v) is 20.2. The van der Waals surface area contributed by atoms with Crippen LogP contribution in [-0.4, -0.2) is 56.0 Å². The summed E-state index contributed by atoms with van der Waals surface area (Å²) in [5, 5.41) is 14.7. The van der Waals surface area contributed by atoms with Gasteiger partial charge in [-0.05, 0) is 57.2 Å². The molecule has 0 unspecified atom stereocenters. The van der Waals surface area contributed by atoms with Gasteiger partial charge >= 0.3 is 0 Å². The van der Waals surface area contributed by atoms with Crippen LogP contribution in [0.15, 0.2) is 30.6 Å². The Labute approximate surface area is 205 Å². The van der Waals surface area contributed by atoms with Crippen molar-refractivity contribution >= 4 is 28.5 Å². The Hall–Kier alpha value is -3.49. The largest absolute Gasteiger partial charge is 0.369 e. The minimum Gasteiger partial charge on any atom is -0.369 e. The third kappa shape index (κ3) is 5.28. The lowest BCUT2D eigenvalue weighted by molar-refractivity contribution is -0.134. The third-order valence-corrected chi connectivity index (χ3v) is 7.12. The van der Waals surface area contributed by atoms with Crippen molar-refractivity contribution in [2.45, 2.75) is 70.4 Å². The van der Waals surface area contributed by atoms with Gasteiger partial charge in [-0.1, -0.05) is 24.5 Å². The average Bonchev–Trinajstić information content (AvgIpc) is 3.57. The molecule has 9 heteroatoms. The molecule has 35 heavy (non-hydrogen) atoms.